The molecule has 1 aliphatic heterocycles. The molecule has 0 atom stereocenters. The van der Waals surface area contributed by atoms with E-state index in [-0.39, 0.29) is 26.7 Å². The third-order valence-corrected chi connectivity index (χ3v) is 5.53. The van der Waals surface area contributed by atoms with Crippen LogP contribution >= 0.6 is 0 Å². The number of benzene rings is 2. The van der Waals surface area contributed by atoms with Crippen molar-refractivity contribution in [2.75, 3.05) is 31.2 Å². The van der Waals surface area contributed by atoms with Crippen molar-refractivity contribution in [3.05, 3.63) is 72.7 Å². The first-order valence-corrected chi connectivity index (χ1v) is 10.2. The van der Waals surface area contributed by atoms with Gasteiger partial charge in [0.05, 0.1) is 30.7 Å². The summed E-state index contributed by atoms with van der Waals surface area (Å²) in [4.78, 5) is 22.3. The molecule has 0 spiro atoms. The van der Waals surface area contributed by atoms with Crippen molar-refractivity contribution in [1.82, 2.24) is 14.5 Å². The molecule has 8 heteroatoms. The molecule has 2 aromatic heterocycles. The van der Waals surface area contributed by atoms with E-state index in [0.29, 0.717) is 0 Å². The number of carboxylic acid groups (broad SMARTS) is 1. The van der Waals surface area contributed by atoms with Gasteiger partial charge in [0.2, 0.25) is 0 Å². The van der Waals surface area contributed by atoms with Crippen molar-refractivity contribution in [1.29, 1.82) is 0 Å². The summed E-state index contributed by atoms with van der Waals surface area (Å²) >= 11 is 0. The molecule has 0 radical (unpaired) electrons. The topological polar surface area (TPSA) is 80.5 Å². The van der Waals surface area contributed by atoms with Crippen molar-refractivity contribution in [2.45, 2.75) is 6.42 Å². The number of hydrogen-bond donors (Lipinski definition) is 1. The van der Waals surface area contributed by atoms with Gasteiger partial charge in [0.1, 0.15) is 12.1 Å². The Bertz CT molecular complexity index is 1220. The van der Waals surface area contributed by atoms with Crippen molar-refractivity contribution in [2.24, 2.45) is 0 Å². The van der Waals surface area contributed by atoms with Crippen LogP contribution in [0.15, 0.2) is 67.1 Å². The van der Waals surface area contributed by atoms with Gasteiger partial charge in [-0.05, 0) is 47.5 Å². The summed E-state index contributed by atoms with van der Waals surface area (Å²) in [6.07, 6.45) is 3.72. The first-order valence-electron chi connectivity index (χ1n) is 10.2. The third-order valence-electron chi connectivity index (χ3n) is 5.53. The molecule has 3 heterocycles. The molecule has 0 saturated carbocycles. The maximum Gasteiger partial charge on any atom is 1.00 e. The van der Waals surface area contributed by atoms with E-state index in [2.05, 4.69) is 45.2 Å². The molecule has 32 heavy (non-hydrogen) atoms. The van der Waals surface area contributed by atoms with Crippen molar-refractivity contribution in [3.63, 3.8) is 0 Å². The minimum atomic E-state index is -0.833. The summed E-state index contributed by atoms with van der Waals surface area (Å²) in [7, 11) is 0. The summed E-state index contributed by atoms with van der Waals surface area (Å²) < 4.78 is 7.41. The van der Waals surface area contributed by atoms with E-state index in [0.717, 1.165) is 65.5 Å². The van der Waals surface area contributed by atoms with Gasteiger partial charge in [-0.2, -0.15) is 0 Å². The molecule has 4 aromatic rings. The summed E-state index contributed by atoms with van der Waals surface area (Å²) in [6, 6.07) is 17.9. The Hall–Kier alpha value is -3.11. The number of imidazole rings is 1. The second-order valence-electron chi connectivity index (χ2n) is 7.56. The van der Waals surface area contributed by atoms with Gasteiger partial charge in [0.15, 0.2) is 0 Å². The number of anilines is 1. The van der Waals surface area contributed by atoms with Crippen molar-refractivity contribution < 1.29 is 34.9 Å². The fourth-order valence-corrected chi connectivity index (χ4v) is 3.88. The van der Waals surface area contributed by atoms with Crippen LogP contribution in [-0.2, 0) is 16.0 Å². The zero-order chi connectivity index (χ0) is 21.2. The molecule has 1 N–H and O–H groups in total. The number of ether oxygens (including phenoxy) is 1. The molecule has 1 saturated heterocycles. The Morgan fingerprint density at radius 1 is 1.00 bits per heavy atom. The number of rotatable bonds is 5. The Morgan fingerprint density at radius 2 is 1.75 bits per heavy atom. The molecule has 158 valence electrons. The van der Waals surface area contributed by atoms with E-state index in [9.17, 15) is 4.79 Å². The fraction of sp³-hybridized carbons (Fsp3) is 0.208. The number of aliphatic carboxylic acids is 1. The number of carboxylic acids is 1. The first kappa shape index (κ1) is 22.1. The normalized spacial score (nSPS) is 13.7. The molecule has 7 nitrogen and oxygen atoms in total. The Morgan fingerprint density at radius 3 is 2.44 bits per heavy atom. The fourth-order valence-electron chi connectivity index (χ4n) is 3.88. The number of hydrogen-bond acceptors (Lipinski definition) is 5. The summed E-state index contributed by atoms with van der Waals surface area (Å²) in [6.45, 7) is 3.22. The van der Waals surface area contributed by atoms with Crippen LogP contribution in [0.1, 0.15) is 6.99 Å². The van der Waals surface area contributed by atoms with E-state index in [4.69, 9.17) is 9.84 Å². The maximum atomic E-state index is 10.9. The van der Waals surface area contributed by atoms with Gasteiger partial charge in [-0.15, -0.1) is 0 Å². The van der Waals surface area contributed by atoms with Gasteiger partial charge >= 0.3 is 24.8 Å². The molecule has 0 aliphatic carbocycles. The van der Waals surface area contributed by atoms with Crippen LogP contribution < -0.4 is 23.8 Å². The minimum Gasteiger partial charge on any atom is -1.00 e. The standard InChI is InChI=1S/C24H22N4O3.Li.H/c29-24(30)13-17-1-5-20(6-2-17)28-16-26-21-14-18(3-7-22(21)28)19-4-8-23(25-15-19)27-9-11-31-12-10-27;;/h1-8,14-16H,9-13H2,(H,29,30);;/q;+1;-1. The Kier molecular flexibility index (Phi) is 6.61. The zero-order valence-electron chi connectivity index (χ0n) is 18.9. The summed E-state index contributed by atoms with van der Waals surface area (Å²) in [5, 5.41) is 8.94. The zero-order valence-corrected chi connectivity index (χ0v) is 17.9. The second-order valence-corrected chi connectivity index (χ2v) is 7.56. The van der Waals surface area contributed by atoms with Gasteiger partial charge in [-0.25, -0.2) is 9.97 Å². The molecule has 0 amide bonds. The van der Waals surface area contributed by atoms with E-state index >= 15 is 0 Å². The van der Waals surface area contributed by atoms with Crippen molar-refractivity contribution >= 4 is 22.8 Å². The van der Waals surface area contributed by atoms with Gasteiger partial charge in [0, 0.05) is 30.5 Å². The van der Waals surface area contributed by atoms with Crippen LogP contribution in [0.4, 0.5) is 5.82 Å². The third kappa shape index (κ3) is 4.56. The average molecular weight is 422 g/mol. The minimum absolute atomic E-state index is 0. The van der Waals surface area contributed by atoms with Gasteiger partial charge in [0.25, 0.3) is 0 Å². The van der Waals surface area contributed by atoms with Crippen LogP contribution in [0.3, 0.4) is 0 Å². The Balaban J connectivity index is 0.00000153. The predicted octanol–water partition coefficient (Wildman–Crippen LogP) is 0.668. The van der Waals surface area contributed by atoms with E-state index in [1.165, 1.54) is 0 Å². The average Bonchev–Trinajstić information content (AvgIpc) is 3.23. The number of aromatic nitrogens is 3. The monoisotopic (exact) mass is 422 g/mol. The van der Waals surface area contributed by atoms with Gasteiger partial charge in [-0.3, -0.25) is 9.36 Å². The second kappa shape index (κ2) is 9.57. The number of morpholine rings is 1. The number of carbonyl (C=O) groups is 1. The van der Waals surface area contributed by atoms with Gasteiger partial charge < -0.3 is 16.2 Å². The van der Waals surface area contributed by atoms with Gasteiger partial charge in [-0.1, -0.05) is 18.2 Å². The summed E-state index contributed by atoms with van der Waals surface area (Å²) in [5.74, 6) is 0.143. The first-order chi connectivity index (χ1) is 15.2. The molecule has 1 aliphatic rings. The SMILES string of the molecule is O=C(O)Cc1ccc(-n2cnc3cc(-c4ccc(N5CCOCC5)nc4)ccc32)cc1.[H-].[Li+]. The molecule has 5 rings (SSSR count). The molecular weight excluding hydrogens is 399 g/mol. The van der Waals surface area contributed by atoms with E-state index < -0.39 is 5.97 Å². The quantitative estimate of drug-likeness (QED) is 0.476. The number of pyridine rings is 1. The number of fused-ring (bicyclic) bond motifs is 1. The molecule has 2 aromatic carbocycles. The number of nitrogens with zero attached hydrogens (tertiary/aromatic N) is 4. The molecule has 0 bridgehead atoms. The predicted molar refractivity (Wildman–Crippen MR) is 120 cm³/mol. The van der Waals surface area contributed by atoms with E-state index in [1.54, 1.807) is 6.33 Å². The van der Waals surface area contributed by atoms with Crippen LogP contribution in [0.5, 0.6) is 0 Å². The largest absolute Gasteiger partial charge is 1.00 e. The van der Waals surface area contributed by atoms with Crippen LogP contribution in [0, 0.1) is 0 Å². The molecule has 0 unspecified atom stereocenters. The van der Waals surface area contributed by atoms with Crippen LogP contribution in [0.2, 0.25) is 0 Å². The summed E-state index contributed by atoms with van der Waals surface area (Å²) in [5.41, 5.74) is 5.72. The Labute approximate surface area is 199 Å². The molecular formula is C24H23LiN4O3. The van der Waals surface area contributed by atoms with Crippen LogP contribution in [-0.4, -0.2) is 51.9 Å². The maximum absolute atomic E-state index is 10.9. The van der Waals surface area contributed by atoms with Crippen LogP contribution in [0.25, 0.3) is 27.8 Å². The molecule has 1 fully saturated rings. The van der Waals surface area contributed by atoms with Crippen molar-refractivity contribution in [3.8, 4) is 16.8 Å². The van der Waals surface area contributed by atoms with E-state index in [1.807, 2.05) is 35.0 Å². The smallest absolute Gasteiger partial charge is 1.00 e.